The molecule has 0 bridgehead atoms. The van der Waals surface area contributed by atoms with Crippen molar-refractivity contribution >= 4 is 18.3 Å². The number of hydrogen-bond donors (Lipinski definition) is 3. The highest BCUT2D eigenvalue weighted by Crippen LogP contribution is 2.04. The maximum atomic E-state index is 11.8. The number of methoxy groups -OCH3 is 1. The van der Waals surface area contributed by atoms with Crippen molar-refractivity contribution in [1.29, 1.82) is 0 Å². The maximum Gasteiger partial charge on any atom is 0.251 e. The predicted molar refractivity (Wildman–Crippen MR) is 78.4 cm³/mol. The molecule has 0 saturated carbocycles. The molecule has 5 nitrogen and oxygen atoms in total. The van der Waals surface area contributed by atoms with E-state index in [9.17, 15) is 4.79 Å². The van der Waals surface area contributed by atoms with E-state index in [1.165, 1.54) is 0 Å². The average Bonchev–Trinajstić information content (AvgIpc) is 2.41. The van der Waals surface area contributed by atoms with Crippen LogP contribution < -0.4 is 16.2 Å². The zero-order valence-corrected chi connectivity index (χ0v) is 12.2. The van der Waals surface area contributed by atoms with Gasteiger partial charge in [0.15, 0.2) is 0 Å². The third-order valence-electron chi connectivity index (χ3n) is 2.50. The zero-order valence-electron chi connectivity index (χ0n) is 11.4. The number of halogens is 1. The van der Waals surface area contributed by atoms with Crippen molar-refractivity contribution < 1.29 is 9.53 Å². The average molecular weight is 288 g/mol. The lowest BCUT2D eigenvalue weighted by molar-refractivity contribution is 0.0948. The van der Waals surface area contributed by atoms with Gasteiger partial charge in [-0.3, -0.25) is 15.6 Å². The molecule has 0 fully saturated rings. The van der Waals surface area contributed by atoms with Gasteiger partial charge in [-0.15, -0.1) is 12.4 Å². The summed E-state index contributed by atoms with van der Waals surface area (Å²) in [6, 6.07) is 7.54. The SMILES string of the molecule is CNNCc1ccc(C(=O)NCCCOC)cc1.Cl. The van der Waals surface area contributed by atoms with E-state index in [1.54, 1.807) is 7.11 Å². The van der Waals surface area contributed by atoms with Crippen LogP contribution in [0.4, 0.5) is 0 Å². The van der Waals surface area contributed by atoms with Crippen LogP contribution in [-0.2, 0) is 11.3 Å². The van der Waals surface area contributed by atoms with E-state index >= 15 is 0 Å². The van der Waals surface area contributed by atoms with Gasteiger partial charge >= 0.3 is 0 Å². The fourth-order valence-corrected chi connectivity index (χ4v) is 1.48. The molecule has 0 aliphatic heterocycles. The summed E-state index contributed by atoms with van der Waals surface area (Å²) in [5.74, 6) is -0.0424. The molecule has 1 aromatic rings. The lowest BCUT2D eigenvalue weighted by atomic mass is 10.1. The molecular formula is C13H22ClN3O2. The number of carbonyl (C=O) groups excluding carboxylic acids is 1. The van der Waals surface area contributed by atoms with E-state index in [4.69, 9.17) is 4.74 Å². The van der Waals surface area contributed by atoms with Crippen LogP contribution in [0.2, 0.25) is 0 Å². The maximum absolute atomic E-state index is 11.8. The highest BCUT2D eigenvalue weighted by Gasteiger charge is 2.04. The summed E-state index contributed by atoms with van der Waals surface area (Å²) in [7, 11) is 3.47. The third-order valence-corrected chi connectivity index (χ3v) is 2.50. The third kappa shape index (κ3) is 7.12. The van der Waals surface area contributed by atoms with Gasteiger partial charge in [-0.05, 0) is 31.2 Å². The Morgan fingerprint density at radius 3 is 2.53 bits per heavy atom. The van der Waals surface area contributed by atoms with Gasteiger partial charge in [-0.1, -0.05) is 12.1 Å². The number of carbonyl (C=O) groups is 1. The first kappa shape index (κ1) is 17.9. The van der Waals surface area contributed by atoms with E-state index in [1.807, 2.05) is 31.3 Å². The molecule has 0 aliphatic rings. The number of amides is 1. The molecule has 108 valence electrons. The second kappa shape index (κ2) is 10.8. The second-order valence-electron chi connectivity index (χ2n) is 3.90. The molecule has 1 aromatic carbocycles. The Bertz CT molecular complexity index is 357. The standard InChI is InChI=1S/C13H21N3O2.ClH/c1-14-16-10-11-4-6-12(7-5-11)13(17)15-8-3-9-18-2;/h4-7,14,16H,3,8-10H2,1-2H3,(H,15,17);1H. The van der Waals surface area contributed by atoms with Gasteiger partial charge in [-0.25, -0.2) is 0 Å². The second-order valence-corrected chi connectivity index (χ2v) is 3.90. The van der Waals surface area contributed by atoms with Crippen LogP contribution in [0.25, 0.3) is 0 Å². The molecule has 0 aliphatic carbocycles. The molecule has 0 heterocycles. The number of ether oxygens (including phenoxy) is 1. The Morgan fingerprint density at radius 1 is 1.26 bits per heavy atom. The van der Waals surface area contributed by atoms with Crippen molar-refractivity contribution in [2.24, 2.45) is 0 Å². The van der Waals surface area contributed by atoms with Crippen molar-refractivity contribution in [2.45, 2.75) is 13.0 Å². The Labute approximate surface area is 120 Å². The van der Waals surface area contributed by atoms with Gasteiger partial charge in [0.25, 0.3) is 5.91 Å². The molecule has 0 spiro atoms. The molecule has 0 atom stereocenters. The fourth-order valence-electron chi connectivity index (χ4n) is 1.48. The molecule has 1 rings (SSSR count). The van der Waals surface area contributed by atoms with Crippen molar-refractivity contribution in [3.8, 4) is 0 Å². The summed E-state index contributed by atoms with van der Waals surface area (Å²) in [6.45, 7) is 2.02. The normalized spacial score (nSPS) is 9.79. The van der Waals surface area contributed by atoms with E-state index in [-0.39, 0.29) is 18.3 Å². The first-order valence-electron chi connectivity index (χ1n) is 6.03. The topological polar surface area (TPSA) is 62.4 Å². The van der Waals surface area contributed by atoms with Gasteiger partial charge in [-0.2, -0.15) is 0 Å². The molecule has 19 heavy (non-hydrogen) atoms. The molecule has 1 amide bonds. The minimum absolute atomic E-state index is 0. The van der Waals surface area contributed by atoms with Crippen LogP contribution in [0.5, 0.6) is 0 Å². The van der Waals surface area contributed by atoms with Crippen molar-refractivity contribution in [3.63, 3.8) is 0 Å². The summed E-state index contributed by atoms with van der Waals surface area (Å²) < 4.78 is 4.92. The first-order chi connectivity index (χ1) is 8.77. The van der Waals surface area contributed by atoms with E-state index < -0.39 is 0 Å². The predicted octanol–water partition coefficient (Wildman–Crippen LogP) is 1.10. The minimum Gasteiger partial charge on any atom is -0.385 e. The van der Waals surface area contributed by atoms with Crippen LogP contribution >= 0.6 is 12.4 Å². The summed E-state index contributed by atoms with van der Waals surface area (Å²) in [6.07, 6.45) is 0.826. The number of hydrogen-bond acceptors (Lipinski definition) is 4. The van der Waals surface area contributed by atoms with Crippen LogP contribution in [0.15, 0.2) is 24.3 Å². The van der Waals surface area contributed by atoms with E-state index in [0.29, 0.717) is 18.7 Å². The Kier molecular flexibility index (Phi) is 10.1. The van der Waals surface area contributed by atoms with Crippen LogP contribution in [0.3, 0.4) is 0 Å². The van der Waals surface area contributed by atoms with Gasteiger partial charge in [0.1, 0.15) is 0 Å². The fraction of sp³-hybridized carbons (Fsp3) is 0.462. The highest BCUT2D eigenvalue weighted by atomic mass is 35.5. The molecule has 0 saturated heterocycles. The van der Waals surface area contributed by atoms with Gasteiger partial charge in [0, 0.05) is 32.4 Å². The summed E-state index contributed by atoms with van der Waals surface area (Å²) >= 11 is 0. The number of hydrazine groups is 1. The van der Waals surface area contributed by atoms with Crippen LogP contribution in [0.1, 0.15) is 22.3 Å². The van der Waals surface area contributed by atoms with Crippen LogP contribution in [-0.4, -0.2) is 33.2 Å². The van der Waals surface area contributed by atoms with Crippen molar-refractivity contribution in [1.82, 2.24) is 16.2 Å². The van der Waals surface area contributed by atoms with E-state index in [2.05, 4.69) is 16.2 Å². The Balaban J connectivity index is 0.00000324. The molecule has 0 radical (unpaired) electrons. The lowest BCUT2D eigenvalue weighted by Gasteiger charge is -2.06. The largest absolute Gasteiger partial charge is 0.385 e. The van der Waals surface area contributed by atoms with Gasteiger partial charge in [0.2, 0.25) is 0 Å². The van der Waals surface area contributed by atoms with E-state index in [0.717, 1.165) is 18.5 Å². The van der Waals surface area contributed by atoms with Gasteiger partial charge in [0.05, 0.1) is 0 Å². The molecule has 6 heteroatoms. The zero-order chi connectivity index (χ0) is 13.2. The number of nitrogens with one attached hydrogen (secondary N) is 3. The van der Waals surface area contributed by atoms with Crippen molar-refractivity contribution in [2.75, 3.05) is 27.3 Å². The quantitative estimate of drug-likeness (QED) is 0.495. The molecule has 0 aromatic heterocycles. The lowest BCUT2D eigenvalue weighted by Crippen LogP contribution is -2.27. The minimum atomic E-state index is -0.0424. The van der Waals surface area contributed by atoms with Crippen LogP contribution in [0, 0.1) is 0 Å². The summed E-state index contributed by atoms with van der Waals surface area (Å²) in [4.78, 5) is 11.8. The summed E-state index contributed by atoms with van der Waals surface area (Å²) in [5.41, 5.74) is 7.66. The highest BCUT2D eigenvalue weighted by molar-refractivity contribution is 5.94. The Hall–Kier alpha value is -1.14. The summed E-state index contributed by atoms with van der Waals surface area (Å²) in [5, 5.41) is 2.85. The monoisotopic (exact) mass is 287 g/mol. The smallest absolute Gasteiger partial charge is 0.251 e. The number of rotatable bonds is 8. The van der Waals surface area contributed by atoms with Gasteiger partial charge < -0.3 is 10.1 Å². The van der Waals surface area contributed by atoms with Crippen molar-refractivity contribution in [3.05, 3.63) is 35.4 Å². The molecular weight excluding hydrogens is 266 g/mol. The number of benzene rings is 1. The Morgan fingerprint density at radius 2 is 1.95 bits per heavy atom. The first-order valence-corrected chi connectivity index (χ1v) is 6.03. The molecule has 3 N–H and O–H groups in total. The molecule has 0 unspecified atom stereocenters.